The van der Waals surface area contributed by atoms with Gasteiger partial charge in [-0.05, 0) is 23.3 Å². The van der Waals surface area contributed by atoms with Gasteiger partial charge in [0.2, 0.25) is 5.75 Å². The van der Waals surface area contributed by atoms with Crippen molar-refractivity contribution in [2.75, 3.05) is 13.7 Å². The van der Waals surface area contributed by atoms with Crippen molar-refractivity contribution in [2.24, 2.45) is 0 Å². The third kappa shape index (κ3) is 7.11. The zero-order valence-electron chi connectivity index (χ0n) is 20.2. The van der Waals surface area contributed by atoms with Crippen LogP contribution in [-0.2, 0) is 20.7 Å². The Morgan fingerprint density at radius 3 is 2.36 bits per heavy atom. The summed E-state index contributed by atoms with van der Waals surface area (Å²) in [5, 5.41) is 2.45. The van der Waals surface area contributed by atoms with Crippen molar-refractivity contribution in [3.05, 3.63) is 89.5 Å². The molecular weight excluding hydrogens is 467 g/mol. The minimum atomic E-state index is -0.742. The predicted octanol–water partition coefficient (Wildman–Crippen LogP) is 3.84. The van der Waals surface area contributed by atoms with Gasteiger partial charge < -0.3 is 19.5 Å². The van der Waals surface area contributed by atoms with Gasteiger partial charge in [0.15, 0.2) is 11.4 Å². The van der Waals surface area contributed by atoms with E-state index in [-0.39, 0.29) is 28.9 Å². The molecule has 1 amide bonds. The largest absolute Gasteiger partial charge is 0.493 e. The quantitative estimate of drug-likeness (QED) is 0.427. The second-order valence-corrected chi connectivity index (χ2v) is 8.03. The Labute approximate surface area is 208 Å². The van der Waals surface area contributed by atoms with Crippen molar-refractivity contribution in [3.63, 3.8) is 0 Å². The summed E-state index contributed by atoms with van der Waals surface area (Å²) < 4.78 is 29.4. The summed E-state index contributed by atoms with van der Waals surface area (Å²) in [6.07, 6.45) is 1.17. The van der Waals surface area contributed by atoms with E-state index in [1.54, 1.807) is 12.1 Å². The van der Waals surface area contributed by atoms with Crippen molar-refractivity contribution in [2.45, 2.75) is 32.3 Å². The molecule has 1 N–H and O–H groups in total. The summed E-state index contributed by atoms with van der Waals surface area (Å²) in [6, 6.07) is 17.0. The van der Waals surface area contributed by atoms with E-state index in [9.17, 15) is 18.8 Å². The van der Waals surface area contributed by atoms with Crippen molar-refractivity contribution in [3.8, 4) is 11.5 Å². The number of hydrogen-bond acceptors (Lipinski definition) is 7. The fourth-order valence-corrected chi connectivity index (χ4v) is 3.59. The molecule has 9 heteroatoms. The first-order valence-corrected chi connectivity index (χ1v) is 11.3. The number of aromatic nitrogens is 1. The second-order valence-electron chi connectivity index (χ2n) is 8.03. The molecule has 1 aromatic heterocycles. The van der Waals surface area contributed by atoms with E-state index in [1.807, 2.05) is 37.3 Å². The van der Waals surface area contributed by atoms with Gasteiger partial charge >= 0.3 is 11.9 Å². The molecule has 188 valence electrons. The fourth-order valence-electron chi connectivity index (χ4n) is 3.59. The van der Waals surface area contributed by atoms with Crippen molar-refractivity contribution < 1.29 is 33.0 Å². The Morgan fingerprint density at radius 1 is 1.03 bits per heavy atom. The van der Waals surface area contributed by atoms with E-state index in [0.29, 0.717) is 6.42 Å². The molecule has 3 aromatic rings. The maximum absolute atomic E-state index is 13.4. The predicted molar refractivity (Wildman–Crippen MR) is 129 cm³/mol. The molecule has 0 aliphatic rings. The summed E-state index contributed by atoms with van der Waals surface area (Å²) in [6.45, 7) is 2.62. The maximum Gasteiger partial charge on any atom is 0.325 e. The van der Waals surface area contributed by atoms with Crippen LogP contribution in [0, 0.1) is 5.82 Å². The minimum absolute atomic E-state index is 0.143. The summed E-state index contributed by atoms with van der Waals surface area (Å²) in [7, 11) is 1.36. The molecule has 8 nitrogen and oxygen atoms in total. The maximum atomic E-state index is 13.4. The zero-order valence-corrected chi connectivity index (χ0v) is 20.2. The van der Waals surface area contributed by atoms with E-state index < -0.39 is 30.5 Å². The second kappa shape index (κ2) is 12.4. The number of methoxy groups -OCH3 is 1. The summed E-state index contributed by atoms with van der Waals surface area (Å²) >= 11 is 0. The Kier molecular flexibility index (Phi) is 9.10. The zero-order chi connectivity index (χ0) is 26.1. The molecule has 0 radical (unpaired) electrons. The number of hydrogen-bond donors (Lipinski definition) is 1. The van der Waals surface area contributed by atoms with Crippen LogP contribution in [0.5, 0.6) is 11.5 Å². The van der Waals surface area contributed by atoms with Gasteiger partial charge in [-0.15, -0.1) is 0 Å². The lowest BCUT2D eigenvalue weighted by Gasteiger charge is -2.25. The molecule has 0 fully saturated rings. The molecule has 2 aromatic carbocycles. The number of benzene rings is 2. The molecule has 2 unspecified atom stereocenters. The van der Waals surface area contributed by atoms with Crippen LogP contribution in [0.4, 0.5) is 4.39 Å². The molecule has 0 aliphatic carbocycles. The van der Waals surface area contributed by atoms with Crippen LogP contribution in [0.25, 0.3) is 0 Å². The molecule has 1 heterocycles. The standard InChI is InChI=1S/C27H27FN2O6/c1-17(20-9-11-21(28)12-10-20)23(15-19-7-5-4-6-8-19)36-24(32)16-30-27(33)25-26(35-18(2)31)22(34-3)13-14-29-25/h4-14,17,23H,15-16H2,1-3H3,(H,30,33). The van der Waals surface area contributed by atoms with Gasteiger partial charge in [-0.3, -0.25) is 14.4 Å². The van der Waals surface area contributed by atoms with E-state index in [4.69, 9.17) is 14.2 Å². The normalized spacial score (nSPS) is 12.2. The number of nitrogens with one attached hydrogen (secondary N) is 1. The van der Waals surface area contributed by atoms with E-state index in [2.05, 4.69) is 10.3 Å². The van der Waals surface area contributed by atoms with Gasteiger partial charge in [-0.1, -0.05) is 49.4 Å². The lowest BCUT2D eigenvalue weighted by atomic mass is 9.91. The summed E-state index contributed by atoms with van der Waals surface area (Å²) in [5.74, 6) is -2.68. The summed E-state index contributed by atoms with van der Waals surface area (Å²) in [4.78, 5) is 40.9. The fraction of sp³-hybridized carbons (Fsp3) is 0.259. The Balaban J connectivity index is 1.72. The van der Waals surface area contributed by atoms with E-state index >= 15 is 0 Å². The Hall–Kier alpha value is -4.27. The molecule has 0 aliphatic heterocycles. The third-order valence-corrected chi connectivity index (χ3v) is 5.46. The number of nitrogens with zero attached hydrogens (tertiary/aromatic N) is 1. The highest BCUT2D eigenvalue weighted by Gasteiger charge is 2.25. The van der Waals surface area contributed by atoms with Gasteiger partial charge in [-0.2, -0.15) is 0 Å². The Morgan fingerprint density at radius 2 is 1.72 bits per heavy atom. The average molecular weight is 495 g/mol. The number of carbonyl (C=O) groups is 3. The first kappa shape index (κ1) is 26.3. The smallest absolute Gasteiger partial charge is 0.325 e. The van der Waals surface area contributed by atoms with Crippen LogP contribution in [0.3, 0.4) is 0 Å². The number of esters is 2. The molecule has 0 saturated carbocycles. The molecule has 2 atom stereocenters. The van der Waals surface area contributed by atoms with Crippen molar-refractivity contribution in [1.29, 1.82) is 0 Å². The number of ether oxygens (including phenoxy) is 3. The lowest BCUT2D eigenvalue weighted by Crippen LogP contribution is -2.35. The third-order valence-electron chi connectivity index (χ3n) is 5.46. The van der Waals surface area contributed by atoms with Gasteiger partial charge in [0.1, 0.15) is 18.5 Å². The van der Waals surface area contributed by atoms with Crippen LogP contribution >= 0.6 is 0 Å². The number of carbonyl (C=O) groups excluding carboxylic acids is 3. The molecule has 0 saturated heterocycles. The van der Waals surface area contributed by atoms with Crippen LogP contribution in [0.15, 0.2) is 66.9 Å². The highest BCUT2D eigenvalue weighted by molar-refractivity contribution is 5.98. The number of amides is 1. The van der Waals surface area contributed by atoms with Gasteiger partial charge in [0.25, 0.3) is 5.91 Å². The van der Waals surface area contributed by atoms with Crippen molar-refractivity contribution in [1.82, 2.24) is 10.3 Å². The molecule has 36 heavy (non-hydrogen) atoms. The molecule has 0 bridgehead atoms. The highest BCUT2D eigenvalue weighted by atomic mass is 19.1. The SMILES string of the molecule is COc1ccnc(C(=O)NCC(=O)OC(Cc2ccccc2)C(C)c2ccc(F)cc2)c1OC(C)=O. The van der Waals surface area contributed by atoms with Crippen LogP contribution in [0.1, 0.15) is 41.4 Å². The number of rotatable bonds is 10. The van der Waals surface area contributed by atoms with Crippen LogP contribution in [-0.4, -0.2) is 42.6 Å². The van der Waals surface area contributed by atoms with Crippen molar-refractivity contribution >= 4 is 17.8 Å². The topological polar surface area (TPSA) is 104 Å². The summed E-state index contributed by atoms with van der Waals surface area (Å²) in [5.41, 5.74) is 1.55. The van der Waals surface area contributed by atoms with Crippen LogP contribution in [0.2, 0.25) is 0 Å². The lowest BCUT2D eigenvalue weighted by molar-refractivity contribution is -0.148. The number of pyridine rings is 1. The minimum Gasteiger partial charge on any atom is -0.493 e. The monoisotopic (exact) mass is 494 g/mol. The molecule has 3 rings (SSSR count). The number of halogens is 1. The average Bonchev–Trinajstić information content (AvgIpc) is 2.87. The van der Waals surface area contributed by atoms with E-state index in [0.717, 1.165) is 11.1 Å². The first-order valence-electron chi connectivity index (χ1n) is 11.3. The first-order chi connectivity index (χ1) is 17.3. The highest BCUT2D eigenvalue weighted by Crippen LogP contribution is 2.29. The van der Waals surface area contributed by atoms with Gasteiger partial charge in [0, 0.05) is 31.5 Å². The van der Waals surface area contributed by atoms with Crippen LogP contribution < -0.4 is 14.8 Å². The van der Waals surface area contributed by atoms with Gasteiger partial charge in [0.05, 0.1) is 7.11 Å². The molecule has 0 spiro atoms. The van der Waals surface area contributed by atoms with E-state index in [1.165, 1.54) is 38.4 Å². The molecular formula is C27H27FN2O6. The Bertz CT molecular complexity index is 1200. The van der Waals surface area contributed by atoms with Gasteiger partial charge in [-0.25, -0.2) is 9.37 Å².